The Labute approximate surface area is 202 Å². The molecule has 0 amide bonds. The predicted molar refractivity (Wildman–Crippen MR) is 133 cm³/mol. The normalized spacial score (nSPS) is 15.3. The molecule has 0 atom stereocenters. The van der Waals surface area contributed by atoms with Crippen LogP contribution in [0.1, 0.15) is 38.2 Å². The summed E-state index contributed by atoms with van der Waals surface area (Å²) in [4.78, 5) is 7.16. The van der Waals surface area contributed by atoms with Crippen LogP contribution in [0.25, 0.3) is 0 Å². The summed E-state index contributed by atoms with van der Waals surface area (Å²) >= 11 is 12.2. The van der Waals surface area contributed by atoms with Crippen LogP contribution in [-0.2, 0) is 15.9 Å². The first-order valence-electron chi connectivity index (χ1n) is 10.2. The van der Waals surface area contributed by atoms with Crippen LogP contribution in [0.4, 0.5) is 0 Å². The van der Waals surface area contributed by atoms with E-state index in [4.69, 9.17) is 37.7 Å². The number of piperidine rings is 1. The van der Waals surface area contributed by atoms with Crippen molar-refractivity contribution in [2.75, 3.05) is 46.5 Å². The Morgan fingerprint density at radius 2 is 1.97 bits per heavy atom. The van der Waals surface area contributed by atoms with Gasteiger partial charge in [0.15, 0.2) is 5.96 Å². The van der Waals surface area contributed by atoms with Crippen molar-refractivity contribution < 1.29 is 9.47 Å². The first kappa shape index (κ1) is 26.8. The number of nitrogens with zero attached hydrogens (tertiary/aromatic N) is 2. The van der Waals surface area contributed by atoms with Gasteiger partial charge in [0.2, 0.25) is 0 Å². The van der Waals surface area contributed by atoms with Crippen LogP contribution in [0.2, 0.25) is 10.0 Å². The molecule has 1 aliphatic heterocycles. The number of aliphatic imine (C=N–C) groups is 1. The first-order valence-corrected chi connectivity index (χ1v) is 11.0. The standard InChI is InChI=1S/C21H33Cl2N3O2.HI/c1-3-24-21(25-11-4-6-17-7-8-18(22)16-20(17)23)26-12-9-19(10-13-26)28-15-5-14-27-2;/h7-8,16,19H,3-6,9-15H2,1-2H3,(H,24,25);1H. The number of hydrogen-bond donors (Lipinski definition) is 1. The average molecular weight is 558 g/mol. The maximum atomic E-state index is 6.25. The van der Waals surface area contributed by atoms with Crippen molar-refractivity contribution in [3.8, 4) is 0 Å². The molecule has 0 saturated carbocycles. The molecule has 2 rings (SSSR count). The lowest BCUT2D eigenvalue weighted by Crippen LogP contribution is -2.47. The number of benzene rings is 1. The molecule has 0 spiro atoms. The lowest BCUT2D eigenvalue weighted by Gasteiger charge is -2.34. The Balaban J connectivity index is 0.00000420. The summed E-state index contributed by atoms with van der Waals surface area (Å²) in [7, 11) is 1.73. The van der Waals surface area contributed by atoms with Gasteiger partial charge in [-0.1, -0.05) is 29.3 Å². The summed E-state index contributed by atoms with van der Waals surface area (Å²) < 4.78 is 11.0. The maximum absolute atomic E-state index is 6.25. The van der Waals surface area contributed by atoms with Gasteiger partial charge in [0, 0.05) is 56.5 Å². The largest absolute Gasteiger partial charge is 0.385 e. The number of hydrogen-bond acceptors (Lipinski definition) is 3. The van der Waals surface area contributed by atoms with Crippen molar-refractivity contribution in [3.05, 3.63) is 33.8 Å². The summed E-state index contributed by atoms with van der Waals surface area (Å²) in [5.74, 6) is 1.00. The third-order valence-corrected chi connectivity index (χ3v) is 5.39. The summed E-state index contributed by atoms with van der Waals surface area (Å²) in [6, 6.07) is 5.68. The third kappa shape index (κ3) is 10.0. The van der Waals surface area contributed by atoms with Gasteiger partial charge in [-0.15, -0.1) is 24.0 Å². The van der Waals surface area contributed by atoms with E-state index in [1.54, 1.807) is 13.2 Å². The molecule has 8 heteroatoms. The molecule has 1 saturated heterocycles. The highest BCUT2D eigenvalue weighted by atomic mass is 127. The monoisotopic (exact) mass is 557 g/mol. The summed E-state index contributed by atoms with van der Waals surface area (Å²) in [6.07, 6.45) is 5.24. The topological polar surface area (TPSA) is 46.1 Å². The van der Waals surface area contributed by atoms with Crippen molar-refractivity contribution in [3.63, 3.8) is 0 Å². The molecule has 166 valence electrons. The van der Waals surface area contributed by atoms with E-state index in [2.05, 4.69) is 17.1 Å². The highest BCUT2D eigenvalue weighted by Gasteiger charge is 2.21. The van der Waals surface area contributed by atoms with Crippen molar-refractivity contribution in [2.45, 2.75) is 45.1 Å². The average Bonchev–Trinajstić information content (AvgIpc) is 2.69. The van der Waals surface area contributed by atoms with E-state index in [9.17, 15) is 0 Å². The Kier molecular flexibility index (Phi) is 14.3. The number of aryl methyl sites for hydroxylation is 1. The zero-order valence-corrected chi connectivity index (χ0v) is 21.3. The maximum Gasteiger partial charge on any atom is 0.193 e. The van der Waals surface area contributed by atoms with Crippen molar-refractivity contribution in [1.29, 1.82) is 0 Å². The molecule has 5 nitrogen and oxygen atoms in total. The minimum Gasteiger partial charge on any atom is -0.385 e. The number of likely N-dealkylation sites (tertiary alicyclic amines) is 1. The molecule has 0 radical (unpaired) electrons. The Morgan fingerprint density at radius 3 is 2.62 bits per heavy atom. The van der Waals surface area contributed by atoms with Crippen LogP contribution in [0.3, 0.4) is 0 Å². The van der Waals surface area contributed by atoms with Crippen LogP contribution >= 0.6 is 47.2 Å². The summed E-state index contributed by atoms with van der Waals surface area (Å²) in [5.41, 5.74) is 1.12. The van der Waals surface area contributed by atoms with E-state index >= 15 is 0 Å². The molecule has 1 aromatic carbocycles. The second-order valence-corrected chi connectivity index (χ2v) is 7.82. The highest BCUT2D eigenvalue weighted by Crippen LogP contribution is 2.22. The molecule has 1 aliphatic rings. The number of nitrogens with one attached hydrogen (secondary N) is 1. The van der Waals surface area contributed by atoms with Gasteiger partial charge in [0.1, 0.15) is 0 Å². The summed E-state index contributed by atoms with van der Waals surface area (Å²) in [6.45, 7) is 7.24. The number of halogens is 3. The van der Waals surface area contributed by atoms with E-state index < -0.39 is 0 Å². The molecule has 0 bridgehead atoms. The lowest BCUT2D eigenvalue weighted by molar-refractivity contribution is 0.00990. The molecular formula is C21H34Cl2IN3O2. The SMILES string of the molecule is CCNC(=NCCCc1ccc(Cl)cc1Cl)N1CCC(OCCCOC)CC1.I. The molecule has 1 heterocycles. The quantitative estimate of drug-likeness (QED) is 0.190. The van der Waals surface area contributed by atoms with Crippen molar-refractivity contribution in [1.82, 2.24) is 10.2 Å². The Morgan fingerprint density at radius 1 is 1.21 bits per heavy atom. The van der Waals surface area contributed by atoms with Gasteiger partial charge in [-0.05, 0) is 56.7 Å². The second-order valence-electron chi connectivity index (χ2n) is 6.98. The van der Waals surface area contributed by atoms with Crippen molar-refractivity contribution in [2.24, 2.45) is 4.99 Å². The first-order chi connectivity index (χ1) is 13.6. The van der Waals surface area contributed by atoms with Gasteiger partial charge in [-0.25, -0.2) is 0 Å². The zero-order valence-electron chi connectivity index (χ0n) is 17.5. The van der Waals surface area contributed by atoms with E-state index in [1.165, 1.54) is 0 Å². The molecule has 1 aromatic rings. The molecule has 0 unspecified atom stereocenters. The number of ether oxygens (including phenoxy) is 2. The van der Waals surface area contributed by atoms with Gasteiger partial charge < -0.3 is 19.7 Å². The smallest absolute Gasteiger partial charge is 0.193 e. The van der Waals surface area contributed by atoms with Gasteiger partial charge in [-0.2, -0.15) is 0 Å². The van der Waals surface area contributed by atoms with Crippen LogP contribution in [0, 0.1) is 0 Å². The van der Waals surface area contributed by atoms with Crippen LogP contribution in [-0.4, -0.2) is 63.5 Å². The minimum absolute atomic E-state index is 0. The molecule has 1 N–H and O–H groups in total. The fourth-order valence-corrected chi connectivity index (χ4v) is 3.80. The van der Waals surface area contributed by atoms with E-state index in [-0.39, 0.29) is 24.0 Å². The number of rotatable bonds is 10. The van der Waals surface area contributed by atoms with Gasteiger partial charge >= 0.3 is 0 Å². The fraction of sp³-hybridized carbons (Fsp3) is 0.667. The van der Waals surface area contributed by atoms with Crippen LogP contribution in [0.5, 0.6) is 0 Å². The van der Waals surface area contributed by atoms with Crippen molar-refractivity contribution >= 4 is 53.1 Å². The fourth-order valence-electron chi connectivity index (χ4n) is 3.29. The van der Waals surface area contributed by atoms with E-state index in [1.807, 2.05) is 12.1 Å². The molecule has 0 aromatic heterocycles. The molecule has 29 heavy (non-hydrogen) atoms. The van der Waals surface area contributed by atoms with Gasteiger partial charge in [0.25, 0.3) is 0 Å². The molecular weight excluding hydrogens is 524 g/mol. The third-order valence-electron chi connectivity index (χ3n) is 4.80. The number of guanidine groups is 1. The molecule has 1 fully saturated rings. The predicted octanol–water partition coefficient (Wildman–Crippen LogP) is 5.03. The Bertz CT molecular complexity index is 612. The lowest BCUT2D eigenvalue weighted by atomic mass is 10.1. The van der Waals surface area contributed by atoms with Gasteiger partial charge in [-0.3, -0.25) is 4.99 Å². The summed E-state index contributed by atoms with van der Waals surface area (Å²) in [5, 5.41) is 4.83. The Hall–Kier alpha value is -0.280. The van der Waals surface area contributed by atoms with Crippen LogP contribution in [0.15, 0.2) is 23.2 Å². The van der Waals surface area contributed by atoms with Gasteiger partial charge in [0.05, 0.1) is 6.10 Å². The minimum atomic E-state index is 0. The zero-order chi connectivity index (χ0) is 20.2. The van der Waals surface area contributed by atoms with Crippen LogP contribution < -0.4 is 5.32 Å². The van der Waals surface area contributed by atoms with E-state index in [0.29, 0.717) is 11.1 Å². The van der Waals surface area contributed by atoms with E-state index in [0.717, 1.165) is 88.0 Å². The second kappa shape index (κ2) is 15.5. The number of methoxy groups -OCH3 is 1. The molecule has 0 aliphatic carbocycles. The highest BCUT2D eigenvalue weighted by molar-refractivity contribution is 14.0.